The average Bonchev–Trinajstić information content (AvgIpc) is 2.48. The number of ether oxygens (including phenoxy) is 1. The van der Waals surface area contributed by atoms with Gasteiger partial charge < -0.3 is 4.74 Å². The van der Waals surface area contributed by atoms with Gasteiger partial charge in [-0.1, -0.05) is 6.92 Å². The van der Waals surface area contributed by atoms with E-state index in [2.05, 4.69) is 10.2 Å². The molecule has 0 aromatic carbocycles. The number of aryl methyl sites for hydroxylation is 1. The van der Waals surface area contributed by atoms with Crippen molar-refractivity contribution < 1.29 is 9.53 Å². The van der Waals surface area contributed by atoms with Crippen LogP contribution >= 0.6 is 12.2 Å². The van der Waals surface area contributed by atoms with E-state index in [4.69, 9.17) is 17.0 Å². The highest BCUT2D eigenvalue weighted by Crippen LogP contribution is 1.99. The zero-order chi connectivity index (χ0) is 10.6. The number of hydrogen-bond acceptors (Lipinski definition) is 4. The summed E-state index contributed by atoms with van der Waals surface area (Å²) in [5.74, 6) is 0.475. The largest absolute Gasteiger partial charge is 0.465 e. The van der Waals surface area contributed by atoms with Crippen LogP contribution in [0.2, 0.25) is 0 Å². The maximum absolute atomic E-state index is 11.2. The minimum absolute atomic E-state index is 0.131. The van der Waals surface area contributed by atoms with Gasteiger partial charge in [-0.05, 0) is 19.1 Å². The topological polar surface area (TPSA) is 59.9 Å². The summed E-state index contributed by atoms with van der Waals surface area (Å²) >= 11 is 4.98. The molecule has 0 bridgehead atoms. The molecular formula is C8H13N3O2S. The van der Waals surface area contributed by atoms with E-state index in [-0.39, 0.29) is 12.5 Å². The van der Waals surface area contributed by atoms with E-state index in [0.717, 1.165) is 12.2 Å². The van der Waals surface area contributed by atoms with Crippen molar-refractivity contribution in [1.82, 2.24) is 14.8 Å². The second-order valence-electron chi connectivity index (χ2n) is 2.69. The summed E-state index contributed by atoms with van der Waals surface area (Å²) in [4.78, 5) is 11.2. The molecule has 0 radical (unpaired) electrons. The van der Waals surface area contributed by atoms with E-state index in [1.165, 1.54) is 0 Å². The van der Waals surface area contributed by atoms with E-state index in [1.54, 1.807) is 11.5 Å². The van der Waals surface area contributed by atoms with Crippen molar-refractivity contribution in [2.24, 2.45) is 0 Å². The van der Waals surface area contributed by atoms with Crippen LogP contribution in [0.4, 0.5) is 0 Å². The highest BCUT2D eigenvalue weighted by molar-refractivity contribution is 7.71. The number of rotatable bonds is 4. The molecule has 0 amide bonds. The minimum atomic E-state index is -0.292. The lowest BCUT2D eigenvalue weighted by molar-refractivity contribution is -0.143. The fraction of sp³-hybridized carbons (Fsp3) is 0.625. The van der Waals surface area contributed by atoms with Gasteiger partial charge in [0.2, 0.25) is 0 Å². The Morgan fingerprint density at radius 1 is 1.64 bits per heavy atom. The van der Waals surface area contributed by atoms with Gasteiger partial charge in [0.1, 0.15) is 12.4 Å². The smallest absolute Gasteiger partial charge is 0.326 e. The third kappa shape index (κ3) is 2.41. The van der Waals surface area contributed by atoms with Crippen LogP contribution in [-0.4, -0.2) is 27.3 Å². The Bertz CT molecular complexity index is 369. The van der Waals surface area contributed by atoms with E-state index >= 15 is 0 Å². The fourth-order valence-corrected chi connectivity index (χ4v) is 1.33. The Hall–Kier alpha value is -1.17. The molecule has 1 aromatic heterocycles. The van der Waals surface area contributed by atoms with Crippen LogP contribution in [-0.2, 0) is 22.5 Å². The van der Waals surface area contributed by atoms with Crippen LogP contribution in [0.25, 0.3) is 0 Å². The van der Waals surface area contributed by atoms with Crippen molar-refractivity contribution >= 4 is 18.2 Å². The van der Waals surface area contributed by atoms with Crippen LogP contribution in [0, 0.1) is 4.77 Å². The van der Waals surface area contributed by atoms with E-state index in [9.17, 15) is 4.79 Å². The lowest BCUT2D eigenvalue weighted by Crippen LogP contribution is -2.15. The van der Waals surface area contributed by atoms with Crippen molar-refractivity contribution in [3.63, 3.8) is 0 Å². The molecule has 0 saturated carbocycles. The van der Waals surface area contributed by atoms with Gasteiger partial charge in [0.05, 0.1) is 6.61 Å². The number of esters is 1. The Balaban J connectivity index is 2.79. The molecular weight excluding hydrogens is 202 g/mol. The second kappa shape index (κ2) is 4.90. The third-order valence-electron chi connectivity index (χ3n) is 1.75. The molecule has 0 fully saturated rings. The summed E-state index contributed by atoms with van der Waals surface area (Å²) in [7, 11) is 0. The number of nitrogens with one attached hydrogen (secondary N) is 1. The SMILES string of the molecule is CCOC(=O)Cn1c(CC)n[nH]c1=S. The summed E-state index contributed by atoms with van der Waals surface area (Å²) in [6.45, 7) is 4.23. The van der Waals surface area contributed by atoms with Crippen molar-refractivity contribution in [2.75, 3.05) is 6.61 Å². The molecule has 0 spiro atoms. The molecule has 0 saturated heterocycles. The highest BCUT2D eigenvalue weighted by atomic mass is 32.1. The molecule has 0 aliphatic rings. The van der Waals surface area contributed by atoms with Crippen LogP contribution < -0.4 is 0 Å². The van der Waals surface area contributed by atoms with Crippen LogP contribution in [0.1, 0.15) is 19.7 Å². The number of carbonyl (C=O) groups is 1. The molecule has 1 rings (SSSR count). The zero-order valence-corrected chi connectivity index (χ0v) is 9.06. The van der Waals surface area contributed by atoms with E-state index in [1.807, 2.05) is 6.92 Å². The first-order valence-electron chi connectivity index (χ1n) is 4.48. The molecule has 1 heterocycles. The minimum Gasteiger partial charge on any atom is -0.465 e. The highest BCUT2D eigenvalue weighted by Gasteiger charge is 2.08. The van der Waals surface area contributed by atoms with Crippen LogP contribution in [0.5, 0.6) is 0 Å². The Morgan fingerprint density at radius 3 is 2.93 bits per heavy atom. The Kier molecular flexibility index (Phi) is 3.82. The number of aromatic amines is 1. The molecule has 0 atom stereocenters. The van der Waals surface area contributed by atoms with Gasteiger partial charge in [-0.25, -0.2) is 0 Å². The van der Waals surface area contributed by atoms with Gasteiger partial charge in [-0.15, -0.1) is 0 Å². The molecule has 14 heavy (non-hydrogen) atoms. The predicted molar refractivity (Wildman–Crippen MR) is 53.4 cm³/mol. The molecule has 0 aliphatic carbocycles. The van der Waals surface area contributed by atoms with Crippen molar-refractivity contribution in [2.45, 2.75) is 26.8 Å². The van der Waals surface area contributed by atoms with Crippen molar-refractivity contribution in [1.29, 1.82) is 0 Å². The summed E-state index contributed by atoms with van der Waals surface area (Å²) < 4.78 is 6.92. The standard InChI is InChI=1S/C8H13N3O2S/c1-3-6-9-10-8(14)11(6)5-7(12)13-4-2/h3-5H2,1-2H3,(H,10,14). The van der Waals surface area contributed by atoms with Gasteiger partial charge >= 0.3 is 5.97 Å². The lowest BCUT2D eigenvalue weighted by atomic mass is 10.4. The number of hydrogen-bond donors (Lipinski definition) is 1. The molecule has 78 valence electrons. The van der Waals surface area contributed by atoms with Crippen molar-refractivity contribution in [3.05, 3.63) is 10.6 Å². The maximum atomic E-state index is 11.2. The quantitative estimate of drug-likeness (QED) is 0.603. The number of carbonyl (C=O) groups excluding carboxylic acids is 1. The number of nitrogens with zero attached hydrogens (tertiary/aromatic N) is 2. The molecule has 6 heteroatoms. The van der Waals surface area contributed by atoms with E-state index in [0.29, 0.717) is 11.4 Å². The van der Waals surface area contributed by atoms with Gasteiger partial charge in [0.15, 0.2) is 4.77 Å². The van der Waals surface area contributed by atoms with Crippen molar-refractivity contribution in [3.8, 4) is 0 Å². The van der Waals surface area contributed by atoms with Gasteiger partial charge in [0.25, 0.3) is 0 Å². The fourth-order valence-electron chi connectivity index (χ4n) is 1.12. The number of aromatic nitrogens is 3. The van der Waals surface area contributed by atoms with Crippen LogP contribution in [0.3, 0.4) is 0 Å². The summed E-state index contributed by atoms with van der Waals surface area (Å²) in [6, 6.07) is 0. The summed E-state index contributed by atoms with van der Waals surface area (Å²) in [5, 5.41) is 6.63. The molecule has 0 aliphatic heterocycles. The molecule has 1 N–H and O–H groups in total. The first kappa shape index (κ1) is 10.9. The summed E-state index contributed by atoms with van der Waals surface area (Å²) in [5.41, 5.74) is 0. The number of H-pyrrole nitrogens is 1. The average molecular weight is 215 g/mol. The Labute approximate surface area is 87.1 Å². The monoisotopic (exact) mass is 215 g/mol. The first-order chi connectivity index (χ1) is 6.69. The van der Waals surface area contributed by atoms with Gasteiger partial charge in [-0.2, -0.15) is 5.10 Å². The molecule has 0 unspecified atom stereocenters. The summed E-state index contributed by atoms with van der Waals surface area (Å²) in [6.07, 6.45) is 0.729. The van der Waals surface area contributed by atoms with Gasteiger partial charge in [-0.3, -0.25) is 14.5 Å². The zero-order valence-electron chi connectivity index (χ0n) is 8.24. The third-order valence-corrected chi connectivity index (χ3v) is 2.06. The molecule has 5 nitrogen and oxygen atoms in total. The van der Waals surface area contributed by atoms with Crippen LogP contribution in [0.15, 0.2) is 0 Å². The lowest BCUT2D eigenvalue weighted by Gasteiger charge is -2.04. The normalized spacial score (nSPS) is 10.1. The predicted octanol–water partition coefficient (Wildman–Crippen LogP) is 1.07. The molecule has 1 aromatic rings. The first-order valence-corrected chi connectivity index (χ1v) is 4.89. The second-order valence-corrected chi connectivity index (χ2v) is 3.08. The van der Waals surface area contributed by atoms with E-state index < -0.39 is 0 Å². The Morgan fingerprint density at radius 2 is 2.36 bits per heavy atom. The van der Waals surface area contributed by atoms with Gasteiger partial charge in [0, 0.05) is 6.42 Å². The maximum Gasteiger partial charge on any atom is 0.326 e.